The normalized spacial score (nSPS) is 15.1. The summed E-state index contributed by atoms with van der Waals surface area (Å²) < 4.78 is 16.6. The number of benzene rings is 1. The van der Waals surface area contributed by atoms with E-state index in [0.717, 1.165) is 48.2 Å². The van der Waals surface area contributed by atoms with Crippen molar-refractivity contribution in [3.05, 3.63) is 40.8 Å². The van der Waals surface area contributed by atoms with E-state index in [0.29, 0.717) is 6.61 Å². The molecule has 1 aromatic heterocycles. The molecule has 1 aliphatic heterocycles. The molecule has 0 bridgehead atoms. The van der Waals surface area contributed by atoms with E-state index in [2.05, 4.69) is 21.4 Å². The second kappa shape index (κ2) is 9.76. The molecule has 0 spiro atoms. The second-order valence-corrected chi connectivity index (χ2v) is 7.16. The number of rotatable bonds is 9. The average molecular weight is 373 g/mol. The Balaban J connectivity index is 1.49. The molecule has 1 N–H and O–H groups in total. The Labute approximate surface area is 161 Å². The lowest BCUT2D eigenvalue weighted by Crippen LogP contribution is -2.35. The number of aromatic nitrogens is 1. The Morgan fingerprint density at radius 2 is 1.96 bits per heavy atom. The van der Waals surface area contributed by atoms with E-state index in [1.165, 1.54) is 37.9 Å². The molecular weight excluding hydrogens is 342 g/mol. The van der Waals surface area contributed by atoms with E-state index in [9.17, 15) is 0 Å². The van der Waals surface area contributed by atoms with E-state index in [1.807, 2.05) is 26.0 Å². The highest BCUT2D eigenvalue weighted by atomic mass is 16.5. The van der Waals surface area contributed by atoms with Crippen LogP contribution in [-0.2, 0) is 13.2 Å². The van der Waals surface area contributed by atoms with Crippen molar-refractivity contribution in [2.45, 2.75) is 46.3 Å². The van der Waals surface area contributed by atoms with Crippen molar-refractivity contribution in [2.24, 2.45) is 0 Å². The number of aryl methyl sites for hydroxylation is 2. The Morgan fingerprint density at radius 3 is 2.67 bits per heavy atom. The van der Waals surface area contributed by atoms with Gasteiger partial charge >= 0.3 is 0 Å². The molecule has 2 heterocycles. The van der Waals surface area contributed by atoms with Crippen molar-refractivity contribution in [3.8, 4) is 11.5 Å². The van der Waals surface area contributed by atoms with Gasteiger partial charge < -0.3 is 24.2 Å². The molecule has 6 nitrogen and oxygen atoms in total. The Bertz CT molecular complexity index is 704. The maximum absolute atomic E-state index is 5.94. The van der Waals surface area contributed by atoms with Gasteiger partial charge in [0.2, 0.25) is 0 Å². The summed E-state index contributed by atoms with van der Waals surface area (Å²) in [6.45, 7) is 9.68. The van der Waals surface area contributed by atoms with E-state index in [1.54, 1.807) is 7.11 Å². The number of hydrogen-bond acceptors (Lipinski definition) is 6. The molecule has 3 rings (SSSR count). The van der Waals surface area contributed by atoms with Crippen molar-refractivity contribution >= 4 is 0 Å². The Morgan fingerprint density at radius 1 is 1.15 bits per heavy atom. The number of hydrogen-bond donors (Lipinski definition) is 1. The molecule has 1 saturated heterocycles. The zero-order chi connectivity index (χ0) is 19.1. The summed E-state index contributed by atoms with van der Waals surface area (Å²) in [5.74, 6) is 2.27. The first kappa shape index (κ1) is 19.7. The summed E-state index contributed by atoms with van der Waals surface area (Å²) in [7, 11) is 1.67. The molecule has 0 radical (unpaired) electrons. The van der Waals surface area contributed by atoms with Gasteiger partial charge in [0.25, 0.3) is 0 Å². The molecule has 0 unspecified atom stereocenters. The van der Waals surface area contributed by atoms with Crippen molar-refractivity contribution in [1.82, 2.24) is 15.4 Å². The summed E-state index contributed by atoms with van der Waals surface area (Å²) in [4.78, 5) is 2.54. The van der Waals surface area contributed by atoms with Gasteiger partial charge in [0.05, 0.1) is 18.4 Å². The van der Waals surface area contributed by atoms with Crippen LogP contribution in [0.5, 0.6) is 11.5 Å². The monoisotopic (exact) mass is 373 g/mol. The number of nitrogens with one attached hydrogen (secondary N) is 1. The lowest BCUT2D eigenvalue weighted by atomic mass is 10.1. The highest BCUT2D eigenvalue weighted by molar-refractivity contribution is 5.43. The van der Waals surface area contributed by atoms with Crippen LogP contribution in [0.25, 0.3) is 0 Å². The minimum absolute atomic E-state index is 0.422. The van der Waals surface area contributed by atoms with E-state index < -0.39 is 0 Å². The molecule has 2 aromatic rings. The highest BCUT2D eigenvalue weighted by Crippen LogP contribution is 2.29. The van der Waals surface area contributed by atoms with E-state index in [4.69, 9.17) is 14.0 Å². The Hall–Kier alpha value is -2.05. The fraction of sp³-hybridized carbons (Fsp3) is 0.571. The van der Waals surface area contributed by atoms with Crippen LogP contribution in [0.3, 0.4) is 0 Å². The highest BCUT2D eigenvalue weighted by Gasteiger charge is 2.12. The fourth-order valence-electron chi connectivity index (χ4n) is 3.45. The molecule has 1 aromatic carbocycles. The van der Waals surface area contributed by atoms with E-state index in [-0.39, 0.29) is 0 Å². The first-order chi connectivity index (χ1) is 13.2. The predicted octanol–water partition coefficient (Wildman–Crippen LogP) is 3.45. The molecule has 0 saturated carbocycles. The lowest BCUT2D eigenvalue weighted by Gasteiger charge is -2.26. The quantitative estimate of drug-likeness (QED) is 0.680. The minimum atomic E-state index is 0.422. The van der Waals surface area contributed by atoms with Crippen molar-refractivity contribution in [1.29, 1.82) is 0 Å². The summed E-state index contributed by atoms with van der Waals surface area (Å²) in [5.41, 5.74) is 3.04. The zero-order valence-electron chi connectivity index (χ0n) is 16.7. The lowest BCUT2D eigenvalue weighted by molar-refractivity contribution is 0.229. The molecule has 6 heteroatoms. The molecule has 1 fully saturated rings. The van der Waals surface area contributed by atoms with Crippen molar-refractivity contribution in [3.63, 3.8) is 0 Å². The Kier molecular flexibility index (Phi) is 7.12. The summed E-state index contributed by atoms with van der Waals surface area (Å²) in [5, 5.41) is 7.49. The predicted molar refractivity (Wildman–Crippen MR) is 105 cm³/mol. The van der Waals surface area contributed by atoms with Crippen molar-refractivity contribution < 1.29 is 14.0 Å². The molecular formula is C21H31N3O3. The van der Waals surface area contributed by atoms with Crippen molar-refractivity contribution in [2.75, 3.05) is 33.3 Å². The van der Waals surface area contributed by atoms with Gasteiger partial charge in [-0.25, -0.2) is 0 Å². The smallest absolute Gasteiger partial charge is 0.161 e. The summed E-state index contributed by atoms with van der Waals surface area (Å²) in [6.07, 6.45) is 4.06. The fourth-order valence-corrected chi connectivity index (χ4v) is 3.45. The van der Waals surface area contributed by atoms with Gasteiger partial charge in [-0.05, 0) is 57.5 Å². The molecule has 0 aliphatic carbocycles. The van der Waals surface area contributed by atoms with Gasteiger partial charge in [0, 0.05) is 19.6 Å². The van der Waals surface area contributed by atoms with Crippen LogP contribution in [0.2, 0.25) is 0 Å². The minimum Gasteiger partial charge on any atom is -0.493 e. The average Bonchev–Trinajstić information content (AvgIpc) is 3.02. The van der Waals surface area contributed by atoms with Crippen LogP contribution < -0.4 is 14.8 Å². The van der Waals surface area contributed by atoms with Crippen LogP contribution in [0.1, 0.15) is 41.8 Å². The van der Waals surface area contributed by atoms with Crippen LogP contribution in [-0.4, -0.2) is 43.3 Å². The third-order valence-electron chi connectivity index (χ3n) is 5.16. The molecule has 0 amide bonds. The van der Waals surface area contributed by atoms with Crippen LogP contribution in [0.15, 0.2) is 22.7 Å². The maximum atomic E-state index is 5.94. The van der Waals surface area contributed by atoms with Crippen LogP contribution in [0, 0.1) is 13.8 Å². The topological polar surface area (TPSA) is 59.8 Å². The van der Waals surface area contributed by atoms with Gasteiger partial charge in [0.15, 0.2) is 11.5 Å². The molecule has 27 heavy (non-hydrogen) atoms. The van der Waals surface area contributed by atoms with Gasteiger partial charge in [-0.1, -0.05) is 17.6 Å². The molecule has 1 aliphatic rings. The largest absolute Gasteiger partial charge is 0.493 e. The third-order valence-corrected chi connectivity index (χ3v) is 5.16. The van der Waals surface area contributed by atoms with Gasteiger partial charge in [-0.3, -0.25) is 0 Å². The van der Waals surface area contributed by atoms with Gasteiger partial charge in [-0.15, -0.1) is 0 Å². The SMILES string of the molecule is COc1cc(CNCCN2CCCCC2)ccc1OCc1c(C)noc1C. The number of piperidine rings is 1. The van der Waals surface area contributed by atoms with E-state index >= 15 is 0 Å². The summed E-state index contributed by atoms with van der Waals surface area (Å²) >= 11 is 0. The zero-order valence-corrected chi connectivity index (χ0v) is 16.7. The van der Waals surface area contributed by atoms with Crippen LogP contribution in [0.4, 0.5) is 0 Å². The number of nitrogens with zero attached hydrogens (tertiary/aromatic N) is 2. The number of ether oxygens (including phenoxy) is 2. The maximum Gasteiger partial charge on any atom is 0.161 e. The number of likely N-dealkylation sites (tertiary alicyclic amines) is 1. The second-order valence-electron chi connectivity index (χ2n) is 7.16. The van der Waals surface area contributed by atoms with Gasteiger partial charge in [-0.2, -0.15) is 0 Å². The first-order valence-corrected chi connectivity index (χ1v) is 9.82. The van der Waals surface area contributed by atoms with Crippen LogP contribution >= 0.6 is 0 Å². The summed E-state index contributed by atoms with van der Waals surface area (Å²) in [6, 6.07) is 6.09. The molecule has 148 valence electrons. The third kappa shape index (κ3) is 5.47. The van der Waals surface area contributed by atoms with Gasteiger partial charge in [0.1, 0.15) is 12.4 Å². The first-order valence-electron chi connectivity index (χ1n) is 9.82. The number of methoxy groups -OCH3 is 1. The molecule has 0 atom stereocenters. The standard InChI is InChI=1S/C21H31N3O3/c1-16-19(17(2)27-23-16)15-26-20-8-7-18(13-21(20)25-3)14-22-9-12-24-10-5-4-6-11-24/h7-8,13,22H,4-6,9-12,14-15H2,1-3H3.